The van der Waals surface area contributed by atoms with Gasteiger partial charge in [-0.15, -0.1) is 0 Å². The Balaban J connectivity index is 1.82. The Kier molecular flexibility index (Phi) is 8.84. The van der Waals surface area contributed by atoms with Crippen molar-refractivity contribution in [1.82, 2.24) is 0 Å². The van der Waals surface area contributed by atoms with E-state index in [1.807, 2.05) is 48.5 Å². The van der Waals surface area contributed by atoms with E-state index in [1.165, 1.54) is 0 Å². The number of fused-ring (bicyclic) bond motifs is 2. The lowest BCUT2D eigenvalue weighted by atomic mass is 10.0. The van der Waals surface area contributed by atoms with Crippen molar-refractivity contribution in [3.8, 4) is 11.5 Å². The van der Waals surface area contributed by atoms with Gasteiger partial charge in [0.25, 0.3) is 0 Å². The van der Waals surface area contributed by atoms with Gasteiger partial charge in [-0.25, -0.2) is 0 Å². The molecule has 0 radical (unpaired) electrons. The van der Waals surface area contributed by atoms with Gasteiger partial charge in [0.05, 0.1) is 13.2 Å². The van der Waals surface area contributed by atoms with Gasteiger partial charge in [-0.1, -0.05) is 54.2 Å². The molecule has 0 saturated heterocycles. The van der Waals surface area contributed by atoms with E-state index in [1.54, 1.807) is 26.0 Å². The molecule has 0 bridgehead atoms. The third kappa shape index (κ3) is 6.25. The van der Waals surface area contributed by atoms with Crippen LogP contribution in [0.3, 0.4) is 0 Å². The van der Waals surface area contributed by atoms with Gasteiger partial charge in [-0.05, 0) is 30.3 Å². The first-order chi connectivity index (χ1) is 17.1. The van der Waals surface area contributed by atoms with Crippen LogP contribution in [-0.2, 0) is 9.47 Å². The first-order valence-electron chi connectivity index (χ1n) is 11.4. The minimum atomic E-state index is -0.754. The molecule has 7 heteroatoms. The molecule has 0 spiro atoms. The summed E-state index contributed by atoms with van der Waals surface area (Å²) in [4.78, 5) is 2.18. The van der Waals surface area contributed by atoms with Crippen LogP contribution in [-0.4, -0.2) is 63.1 Å². The molecular formula is C28H30O6S. The first-order valence-corrected chi connectivity index (χ1v) is 12.2. The van der Waals surface area contributed by atoms with Gasteiger partial charge in [-0.2, -0.15) is 0 Å². The highest BCUT2D eigenvalue weighted by Crippen LogP contribution is 2.44. The maximum atomic E-state index is 10.2. The molecule has 0 saturated carbocycles. The molecule has 184 valence electrons. The molecule has 0 aromatic heterocycles. The Hall–Kier alpha value is -2.81. The molecule has 4 aromatic rings. The molecule has 0 amide bonds. The summed E-state index contributed by atoms with van der Waals surface area (Å²) in [5.74, 6) is 1.35. The van der Waals surface area contributed by atoms with Gasteiger partial charge in [0.1, 0.15) is 36.9 Å². The number of ether oxygens (including phenoxy) is 4. The van der Waals surface area contributed by atoms with E-state index in [0.29, 0.717) is 11.5 Å². The molecule has 2 N–H and O–H groups in total. The van der Waals surface area contributed by atoms with Crippen LogP contribution < -0.4 is 9.47 Å². The minimum absolute atomic E-state index is 0.0930. The second-order valence-corrected chi connectivity index (χ2v) is 9.31. The molecular weight excluding hydrogens is 464 g/mol. The van der Waals surface area contributed by atoms with Crippen LogP contribution >= 0.6 is 11.8 Å². The number of methoxy groups -OCH3 is 2. The van der Waals surface area contributed by atoms with Crippen LogP contribution in [0.15, 0.2) is 82.6 Å². The lowest BCUT2D eigenvalue weighted by Gasteiger charge is -2.20. The van der Waals surface area contributed by atoms with Gasteiger partial charge in [0.15, 0.2) is 0 Å². The summed E-state index contributed by atoms with van der Waals surface area (Å²) in [7, 11) is 3.09. The van der Waals surface area contributed by atoms with Crippen molar-refractivity contribution in [1.29, 1.82) is 0 Å². The van der Waals surface area contributed by atoms with Crippen LogP contribution in [0, 0.1) is 0 Å². The lowest BCUT2D eigenvalue weighted by Crippen LogP contribution is -2.23. The predicted molar refractivity (Wildman–Crippen MR) is 139 cm³/mol. The monoisotopic (exact) mass is 494 g/mol. The zero-order valence-electron chi connectivity index (χ0n) is 19.8. The van der Waals surface area contributed by atoms with E-state index >= 15 is 0 Å². The van der Waals surface area contributed by atoms with Crippen molar-refractivity contribution in [2.24, 2.45) is 0 Å². The molecule has 0 aliphatic heterocycles. The molecule has 0 aliphatic carbocycles. The molecule has 4 aromatic carbocycles. The van der Waals surface area contributed by atoms with Crippen molar-refractivity contribution < 1.29 is 29.2 Å². The topological polar surface area (TPSA) is 77.4 Å². The molecule has 2 atom stereocenters. The number of rotatable bonds is 12. The largest absolute Gasteiger partial charge is 0.489 e. The highest BCUT2D eigenvalue weighted by atomic mass is 32.2. The summed E-state index contributed by atoms with van der Waals surface area (Å²) in [6.45, 7) is 0.561. The number of benzene rings is 4. The predicted octanol–water partition coefficient (Wildman–Crippen LogP) is 4.92. The minimum Gasteiger partial charge on any atom is -0.489 e. The van der Waals surface area contributed by atoms with Crippen molar-refractivity contribution in [3.63, 3.8) is 0 Å². The lowest BCUT2D eigenvalue weighted by molar-refractivity contribution is 0.0327. The molecule has 0 heterocycles. The molecule has 0 aliphatic rings. The summed E-state index contributed by atoms with van der Waals surface area (Å²) >= 11 is 1.66. The van der Waals surface area contributed by atoms with Gasteiger partial charge in [-0.3, -0.25) is 0 Å². The van der Waals surface area contributed by atoms with E-state index in [2.05, 4.69) is 24.3 Å². The fourth-order valence-corrected chi connectivity index (χ4v) is 4.80. The quantitative estimate of drug-likeness (QED) is 0.271. The summed E-state index contributed by atoms with van der Waals surface area (Å²) in [6, 6.07) is 24.1. The van der Waals surface area contributed by atoms with Crippen molar-refractivity contribution in [3.05, 3.63) is 72.8 Å². The second-order valence-electron chi connectivity index (χ2n) is 8.17. The maximum absolute atomic E-state index is 10.2. The molecule has 6 nitrogen and oxygen atoms in total. The SMILES string of the molecule is COCC(O)COc1c2ccccc2c(OCC(O)COC)c2cc(Sc3ccccc3)ccc12. The summed E-state index contributed by atoms with van der Waals surface area (Å²) in [6.07, 6.45) is -1.50. The van der Waals surface area contributed by atoms with Gasteiger partial charge in [0.2, 0.25) is 0 Å². The highest BCUT2D eigenvalue weighted by molar-refractivity contribution is 7.99. The zero-order valence-corrected chi connectivity index (χ0v) is 20.7. The molecule has 35 heavy (non-hydrogen) atoms. The Morgan fingerprint density at radius 2 is 1.11 bits per heavy atom. The molecule has 4 rings (SSSR count). The third-order valence-corrected chi connectivity index (χ3v) is 6.43. The van der Waals surface area contributed by atoms with E-state index in [9.17, 15) is 10.2 Å². The summed E-state index contributed by atoms with van der Waals surface area (Å²) in [5.41, 5.74) is 0. The Bertz CT molecular complexity index is 1250. The van der Waals surface area contributed by atoms with Crippen LogP contribution in [0.25, 0.3) is 21.5 Å². The van der Waals surface area contributed by atoms with Crippen molar-refractivity contribution in [2.75, 3.05) is 40.6 Å². The van der Waals surface area contributed by atoms with Crippen molar-refractivity contribution in [2.45, 2.75) is 22.0 Å². The second kappa shape index (κ2) is 12.2. The van der Waals surface area contributed by atoms with E-state index < -0.39 is 12.2 Å². The summed E-state index contributed by atoms with van der Waals surface area (Å²) < 4.78 is 22.5. The average molecular weight is 495 g/mol. The molecule has 2 unspecified atom stereocenters. The van der Waals surface area contributed by atoms with Gasteiger partial charge in [0, 0.05) is 45.6 Å². The van der Waals surface area contributed by atoms with Crippen molar-refractivity contribution >= 4 is 33.3 Å². The standard InChI is InChI=1S/C28H30O6S/c1-31-15-19(29)17-33-27-23-10-6-7-11-24(23)28(34-18-20(30)16-32-2)26-14-22(12-13-25(26)27)35-21-8-4-3-5-9-21/h3-14,19-20,29-30H,15-18H2,1-2H3. The van der Waals surface area contributed by atoms with Crippen LogP contribution in [0.2, 0.25) is 0 Å². The van der Waals surface area contributed by atoms with Crippen LogP contribution in [0.1, 0.15) is 0 Å². The average Bonchev–Trinajstić information content (AvgIpc) is 2.87. The Morgan fingerprint density at radius 1 is 0.600 bits per heavy atom. The summed E-state index contributed by atoms with van der Waals surface area (Å²) in [5, 5.41) is 23.9. The third-order valence-electron chi connectivity index (χ3n) is 5.43. The van der Waals surface area contributed by atoms with E-state index in [-0.39, 0.29) is 26.4 Å². The fourth-order valence-electron chi connectivity index (χ4n) is 3.92. The van der Waals surface area contributed by atoms with E-state index in [4.69, 9.17) is 18.9 Å². The smallest absolute Gasteiger partial charge is 0.135 e. The molecule has 0 fully saturated rings. The van der Waals surface area contributed by atoms with Gasteiger partial charge < -0.3 is 29.2 Å². The Morgan fingerprint density at radius 3 is 1.69 bits per heavy atom. The van der Waals surface area contributed by atoms with Crippen LogP contribution in [0.5, 0.6) is 11.5 Å². The number of hydrogen-bond acceptors (Lipinski definition) is 7. The normalized spacial score (nSPS) is 13.1. The maximum Gasteiger partial charge on any atom is 0.135 e. The first kappa shape index (κ1) is 25.3. The number of aliphatic hydroxyl groups excluding tert-OH is 2. The van der Waals surface area contributed by atoms with E-state index in [0.717, 1.165) is 31.3 Å². The number of hydrogen-bond donors (Lipinski definition) is 2. The highest BCUT2D eigenvalue weighted by Gasteiger charge is 2.19. The number of aliphatic hydroxyl groups is 2. The Labute approximate surface area is 209 Å². The fraction of sp³-hybridized carbons (Fsp3) is 0.286. The van der Waals surface area contributed by atoms with Crippen LogP contribution in [0.4, 0.5) is 0 Å². The van der Waals surface area contributed by atoms with Gasteiger partial charge >= 0.3 is 0 Å². The zero-order chi connectivity index (χ0) is 24.6.